The molecule has 0 radical (unpaired) electrons. The zero-order chi connectivity index (χ0) is 19.3. The van der Waals surface area contributed by atoms with Crippen molar-refractivity contribution in [3.63, 3.8) is 0 Å². The molecule has 0 saturated carbocycles. The highest BCUT2D eigenvalue weighted by molar-refractivity contribution is 5.75. The summed E-state index contributed by atoms with van der Waals surface area (Å²) in [6.07, 6.45) is 0.640. The number of methoxy groups -OCH3 is 2. The lowest BCUT2D eigenvalue weighted by molar-refractivity contribution is -0.143. The number of carbonyl (C=O) groups is 1. The fourth-order valence-electron chi connectivity index (χ4n) is 2.89. The standard InChI is InChI=1S/C20H24FNO4/c1-13-11-15(6-7-16(13)21)19(20(23)24)22(2)10-9-14-5-8-17(25-3)18(12-14)26-4/h5-8,11-12,19H,9-10H2,1-4H3,(H,23,24). The molecule has 2 aromatic rings. The monoisotopic (exact) mass is 361 g/mol. The van der Waals surface area contributed by atoms with Crippen LogP contribution < -0.4 is 9.47 Å². The Morgan fingerprint density at radius 1 is 1.15 bits per heavy atom. The van der Waals surface area contributed by atoms with Crippen LogP contribution in [0.2, 0.25) is 0 Å². The van der Waals surface area contributed by atoms with Gasteiger partial charge in [0.1, 0.15) is 11.9 Å². The van der Waals surface area contributed by atoms with Gasteiger partial charge >= 0.3 is 5.97 Å². The zero-order valence-corrected chi connectivity index (χ0v) is 15.5. The number of hydrogen-bond acceptors (Lipinski definition) is 4. The Labute approximate surface area is 153 Å². The van der Waals surface area contributed by atoms with Crippen LogP contribution >= 0.6 is 0 Å². The van der Waals surface area contributed by atoms with Gasteiger partial charge in [0, 0.05) is 6.54 Å². The molecule has 5 nitrogen and oxygen atoms in total. The topological polar surface area (TPSA) is 59.0 Å². The Hall–Kier alpha value is -2.60. The second-order valence-electron chi connectivity index (χ2n) is 6.17. The molecule has 0 aliphatic carbocycles. The maximum absolute atomic E-state index is 13.5. The quantitative estimate of drug-likeness (QED) is 0.780. The summed E-state index contributed by atoms with van der Waals surface area (Å²) in [7, 11) is 4.90. The summed E-state index contributed by atoms with van der Waals surface area (Å²) in [4.78, 5) is 13.5. The lowest BCUT2D eigenvalue weighted by Crippen LogP contribution is -2.32. The summed E-state index contributed by atoms with van der Waals surface area (Å²) in [5.41, 5.74) is 2.00. The van der Waals surface area contributed by atoms with Gasteiger partial charge in [0.25, 0.3) is 0 Å². The molecule has 1 N–H and O–H groups in total. The highest BCUT2D eigenvalue weighted by atomic mass is 19.1. The molecule has 1 unspecified atom stereocenters. The van der Waals surface area contributed by atoms with Gasteiger partial charge < -0.3 is 14.6 Å². The first-order valence-corrected chi connectivity index (χ1v) is 8.27. The van der Waals surface area contributed by atoms with E-state index in [1.807, 2.05) is 18.2 Å². The highest BCUT2D eigenvalue weighted by Gasteiger charge is 2.25. The molecule has 0 spiro atoms. The van der Waals surface area contributed by atoms with Gasteiger partial charge in [-0.25, -0.2) is 4.39 Å². The van der Waals surface area contributed by atoms with E-state index in [4.69, 9.17) is 9.47 Å². The van der Waals surface area contributed by atoms with E-state index in [-0.39, 0.29) is 5.82 Å². The van der Waals surface area contributed by atoms with Crippen molar-refractivity contribution in [3.05, 3.63) is 58.9 Å². The van der Waals surface area contributed by atoms with Crippen molar-refractivity contribution in [2.24, 2.45) is 0 Å². The Morgan fingerprint density at radius 2 is 1.85 bits per heavy atom. The number of rotatable bonds is 8. The molecule has 1 atom stereocenters. The summed E-state index contributed by atoms with van der Waals surface area (Å²) < 4.78 is 24.0. The summed E-state index contributed by atoms with van der Waals surface area (Å²) in [6, 6.07) is 9.20. The van der Waals surface area contributed by atoms with E-state index in [2.05, 4.69) is 0 Å². The summed E-state index contributed by atoms with van der Waals surface area (Å²) in [5, 5.41) is 9.63. The Kier molecular flexibility index (Phi) is 6.58. The third kappa shape index (κ3) is 4.52. The van der Waals surface area contributed by atoms with E-state index in [0.29, 0.717) is 35.6 Å². The maximum atomic E-state index is 13.5. The van der Waals surface area contributed by atoms with E-state index >= 15 is 0 Å². The van der Waals surface area contributed by atoms with Crippen LogP contribution in [0.25, 0.3) is 0 Å². The average molecular weight is 361 g/mol. The van der Waals surface area contributed by atoms with Crippen molar-refractivity contribution >= 4 is 5.97 Å². The van der Waals surface area contributed by atoms with Crippen LogP contribution in [0.1, 0.15) is 22.7 Å². The van der Waals surface area contributed by atoms with E-state index in [1.165, 1.54) is 12.1 Å². The van der Waals surface area contributed by atoms with Crippen LogP contribution in [0.4, 0.5) is 4.39 Å². The number of aliphatic carboxylic acids is 1. The maximum Gasteiger partial charge on any atom is 0.325 e. The largest absolute Gasteiger partial charge is 0.493 e. The second kappa shape index (κ2) is 8.67. The number of carboxylic acid groups (broad SMARTS) is 1. The number of ether oxygens (including phenoxy) is 2. The predicted molar refractivity (Wildman–Crippen MR) is 97.4 cm³/mol. The minimum Gasteiger partial charge on any atom is -0.493 e. The smallest absolute Gasteiger partial charge is 0.325 e. The molecule has 140 valence electrons. The summed E-state index contributed by atoms with van der Waals surface area (Å²) >= 11 is 0. The molecular weight excluding hydrogens is 337 g/mol. The molecule has 0 aliphatic heterocycles. The zero-order valence-electron chi connectivity index (χ0n) is 15.5. The summed E-state index contributed by atoms with van der Waals surface area (Å²) in [6.45, 7) is 2.14. The van der Waals surface area contributed by atoms with Crippen LogP contribution in [0, 0.1) is 12.7 Å². The van der Waals surface area contributed by atoms with Crippen LogP contribution in [-0.4, -0.2) is 43.8 Å². The van der Waals surface area contributed by atoms with Gasteiger partial charge in [-0.2, -0.15) is 0 Å². The number of benzene rings is 2. The van der Waals surface area contributed by atoms with E-state index < -0.39 is 12.0 Å². The van der Waals surface area contributed by atoms with Gasteiger partial charge in [0.15, 0.2) is 11.5 Å². The van der Waals surface area contributed by atoms with Crippen molar-refractivity contribution < 1.29 is 23.8 Å². The summed E-state index contributed by atoms with van der Waals surface area (Å²) in [5.74, 6) is -0.0249. The Bertz CT molecular complexity index is 778. The normalized spacial score (nSPS) is 12.1. The van der Waals surface area contributed by atoms with Crippen molar-refractivity contribution in [1.82, 2.24) is 4.90 Å². The number of nitrogens with zero attached hydrogens (tertiary/aromatic N) is 1. The molecule has 0 aromatic heterocycles. The van der Waals surface area contributed by atoms with Gasteiger partial charge in [-0.1, -0.05) is 18.2 Å². The van der Waals surface area contributed by atoms with Gasteiger partial charge in [0.05, 0.1) is 14.2 Å². The fourth-order valence-corrected chi connectivity index (χ4v) is 2.89. The number of likely N-dealkylation sites (N-methyl/N-ethyl adjacent to an activating group) is 1. The average Bonchev–Trinajstić information content (AvgIpc) is 2.62. The number of halogens is 1. The molecular formula is C20H24FNO4. The Balaban J connectivity index is 2.14. The molecule has 0 fully saturated rings. The highest BCUT2D eigenvalue weighted by Crippen LogP contribution is 2.28. The second-order valence-corrected chi connectivity index (χ2v) is 6.17. The molecule has 0 bridgehead atoms. The minimum atomic E-state index is -0.967. The SMILES string of the molecule is COc1ccc(CCN(C)C(C(=O)O)c2ccc(F)c(C)c2)cc1OC. The molecule has 0 heterocycles. The lowest BCUT2D eigenvalue weighted by Gasteiger charge is -2.25. The first-order valence-electron chi connectivity index (χ1n) is 8.27. The van der Waals surface area contributed by atoms with Gasteiger partial charge in [-0.05, 0) is 55.3 Å². The van der Waals surface area contributed by atoms with Crippen LogP contribution in [-0.2, 0) is 11.2 Å². The van der Waals surface area contributed by atoms with E-state index in [0.717, 1.165) is 5.56 Å². The van der Waals surface area contributed by atoms with Gasteiger partial charge in [0.2, 0.25) is 0 Å². The molecule has 0 saturated heterocycles. The minimum absolute atomic E-state index is 0.342. The first kappa shape index (κ1) is 19.7. The third-order valence-electron chi connectivity index (χ3n) is 4.37. The van der Waals surface area contributed by atoms with Crippen molar-refractivity contribution in [3.8, 4) is 11.5 Å². The van der Waals surface area contributed by atoms with Gasteiger partial charge in [-0.15, -0.1) is 0 Å². The van der Waals surface area contributed by atoms with Crippen LogP contribution in [0.3, 0.4) is 0 Å². The molecule has 0 amide bonds. The predicted octanol–water partition coefficient (Wildman–Crippen LogP) is 3.45. The van der Waals surface area contributed by atoms with E-state index in [9.17, 15) is 14.3 Å². The lowest BCUT2D eigenvalue weighted by atomic mass is 10.0. The van der Waals surface area contributed by atoms with Crippen LogP contribution in [0.5, 0.6) is 11.5 Å². The van der Waals surface area contributed by atoms with Crippen molar-refractivity contribution in [2.75, 3.05) is 27.8 Å². The van der Waals surface area contributed by atoms with Gasteiger partial charge in [-0.3, -0.25) is 9.69 Å². The van der Waals surface area contributed by atoms with E-state index in [1.54, 1.807) is 39.2 Å². The molecule has 0 aliphatic rings. The fraction of sp³-hybridized carbons (Fsp3) is 0.350. The van der Waals surface area contributed by atoms with Crippen LogP contribution in [0.15, 0.2) is 36.4 Å². The molecule has 26 heavy (non-hydrogen) atoms. The third-order valence-corrected chi connectivity index (χ3v) is 4.37. The Morgan fingerprint density at radius 3 is 2.42 bits per heavy atom. The number of hydrogen-bond donors (Lipinski definition) is 1. The number of aryl methyl sites for hydroxylation is 1. The molecule has 6 heteroatoms. The van der Waals surface area contributed by atoms with Crippen molar-refractivity contribution in [1.29, 1.82) is 0 Å². The number of carboxylic acids is 1. The molecule has 2 rings (SSSR count). The molecule has 2 aromatic carbocycles. The van der Waals surface area contributed by atoms with Crippen molar-refractivity contribution in [2.45, 2.75) is 19.4 Å². The first-order chi connectivity index (χ1) is 12.4.